The van der Waals surface area contributed by atoms with Crippen molar-refractivity contribution in [1.29, 1.82) is 0 Å². The van der Waals surface area contributed by atoms with Crippen molar-refractivity contribution >= 4 is 33.2 Å². The summed E-state index contributed by atoms with van der Waals surface area (Å²) in [6.45, 7) is 2.70. The Hall–Kier alpha value is -0.390. The largest absolute Gasteiger partial charge is 0.345 e. The molecule has 0 aliphatic rings. The van der Waals surface area contributed by atoms with Gasteiger partial charge in [-0.15, -0.1) is 11.3 Å². The van der Waals surface area contributed by atoms with Gasteiger partial charge in [-0.25, -0.2) is 0 Å². The number of nitrogens with two attached hydrogens (primary N) is 1. The lowest BCUT2D eigenvalue weighted by Crippen LogP contribution is -2.30. The van der Waals surface area contributed by atoms with E-state index in [1.165, 1.54) is 4.88 Å². The van der Waals surface area contributed by atoms with Gasteiger partial charge in [-0.05, 0) is 47.8 Å². The van der Waals surface area contributed by atoms with E-state index in [-0.39, 0.29) is 11.9 Å². The van der Waals surface area contributed by atoms with E-state index >= 15 is 0 Å². The molecule has 0 saturated heterocycles. The summed E-state index contributed by atoms with van der Waals surface area (Å²) >= 11 is 5.15. The highest BCUT2D eigenvalue weighted by molar-refractivity contribution is 9.11. The third-order valence-electron chi connectivity index (χ3n) is 2.56. The zero-order valence-electron chi connectivity index (χ0n) is 10.3. The summed E-state index contributed by atoms with van der Waals surface area (Å²) in [6.07, 6.45) is 2.21. The molecular weight excluding hydrogens is 300 g/mol. The normalized spacial score (nSPS) is 12.5. The van der Waals surface area contributed by atoms with Crippen LogP contribution in [0.4, 0.5) is 0 Å². The number of likely N-dealkylation sites (N-methyl/N-ethyl adjacent to an activating group) is 1. The molecule has 0 aromatic carbocycles. The topological polar surface area (TPSA) is 46.3 Å². The van der Waals surface area contributed by atoms with Crippen LogP contribution in [0.3, 0.4) is 0 Å². The Balaban J connectivity index is 2.29. The van der Waals surface area contributed by atoms with Gasteiger partial charge in [0.2, 0.25) is 5.91 Å². The number of halogens is 1. The van der Waals surface area contributed by atoms with Crippen LogP contribution < -0.4 is 5.73 Å². The standard InChI is InChI=1S/C12H19BrN2OS/c1-9(14)3-6-12(16)15(2)8-7-10-4-5-11(13)17-10/h4-5,9H,3,6-8,14H2,1-2H3. The molecule has 2 N–H and O–H groups in total. The van der Waals surface area contributed by atoms with Crippen molar-refractivity contribution in [3.05, 3.63) is 20.8 Å². The molecule has 0 radical (unpaired) electrons. The van der Waals surface area contributed by atoms with Crippen molar-refractivity contribution in [2.24, 2.45) is 5.73 Å². The summed E-state index contributed by atoms with van der Waals surface area (Å²) in [5.74, 6) is 0.179. The van der Waals surface area contributed by atoms with E-state index in [4.69, 9.17) is 5.73 Å². The molecule has 1 atom stereocenters. The second-order valence-corrected chi connectivity index (χ2v) is 6.83. The molecule has 1 amide bonds. The first-order valence-corrected chi connectivity index (χ1v) is 7.33. The fraction of sp³-hybridized carbons (Fsp3) is 0.583. The highest BCUT2D eigenvalue weighted by atomic mass is 79.9. The lowest BCUT2D eigenvalue weighted by molar-refractivity contribution is -0.130. The predicted molar refractivity (Wildman–Crippen MR) is 76.2 cm³/mol. The zero-order chi connectivity index (χ0) is 12.8. The van der Waals surface area contributed by atoms with Gasteiger partial charge in [-0.3, -0.25) is 4.79 Å². The maximum atomic E-state index is 11.7. The Labute approximate surface area is 115 Å². The Kier molecular flexibility index (Phi) is 6.16. The molecule has 96 valence electrons. The van der Waals surface area contributed by atoms with Gasteiger partial charge in [0.15, 0.2) is 0 Å². The van der Waals surface area contributed by atoms with Gasteiger partial charge in [0.05, 0.1) is 3.79 Å². The van der Waals surface area contributed by atoms with Crippen LogP contribution in [0.5, 0.6) is 0 Å². The Morgan fingerprint density at radius 2 is 2.29 bits per heavy atom. The lowest BCUT2D eigenvalue weighted by atomic mass is 10.2. The average molecular weight is 319 g/mol. The first-order chi connectivity index (χ1) is 7.99. The summed E-state index contributed by atoms with van der Waals surface area (Å²) in [7, 11) is 1.85. The maximum Gasteiger partial charge on any atom is 0.222 e. The molecule has 0 bridgehead atoms. The van der Waals surface area contributed by atoms with Crippen molar-refractivity contribution in [3.8, 4) is 0 Å². The highest BCUT2D eigenvalue weighted by Crippen LogP contribution is 2.22. The third kappa shape index (κ3) is 5.66. The molecule has 0 fully saturated rings. The first-order valence-electron chi connectivity index (χ1n) is 5.73. The molecular formula is C12H19BrN2OS. The van der Waals surface area contributed by atoms with Crippen LogP contribution in [-0.4, -0.2) is 30.4 Å². The molecule has 3 nitrogen and oxygen atoms in total. The maximum absolute atomic E-state index is 11.7. The number of carbonyl (C=O) groups is 1. The van der Waals surface area contributed by atoms with E-state index in [0.29, 0.717) is 6.42 Å². The second-order valence-electron chi connectivity index (χ2n) is 4.29. The fourth-order valence-electron chi connectivity index (χ4n) is 1.43. The number of hydrogen-bond acceptors (Lipinski definition) is 3. The van der Waals surface area contributed by atoms with Crippen LogP contribution in [0.2, 0.25) is 0 Å². The highest BCUT2D eigenvalue weighted by Gasteiger charge is 2.09. The Morgan fingerprint density at radius 1 is 1.59 bits per heavy atom. The number of hydrogen-bond donors (Lipinski definition) is 1. The third-order valence-corrected chi connectivity index (χ3v) is 4.25. The Morgan fingerprint density at radius 3 is 2.82 bits per heavy atom. The molecule has 1 aromatic rings. The first kappa shape index (κ1) is 14.7. The fourth-order valence-corrected chi connectivity index (χ4v) is 2.90. The average Bonchev–Trinajstić information content (AvgIpc) is 2.68. The van der Waals surface area contributed by atoms with Gasteiger partial charge in [0.25, 0.3) is 0 Å². The van der Waals surface area contributed by atoms with Gasteiger partial charge >= 0.3 is 0 Å². The summed E-state index contributed by atoms with van der Waals surface area (Å²) in [6, 6.07) is 4.23. The van der Waals surface area contributed by atoms with Crippen LogP contribution in [-0.2, 0) is 11.2 Å². The van der Waals surface area contributed by atoms with E-state index < -0.39 is 0 Å². The minimum atomic E-state index is 0.0978. The number of carbonyl (C=O) groups excluding carboxylic acids is 1. The minimum Gasteiger partial charge on any atom is -0.345 e. The monoisotopic (exact) mass is 318 g/mol. The van der Waals surface area contributed by atoms with E-state index in [0.717, 1.165) is 23.2 Å². The Bertz CT molecular complexity index is 365. The summed E-state index contributed by atoms with van der Waals surface area (Å²) in [5, 5.41) is 0. The van der Waals surface area contributed by atoms with Crippen LogP contribution in [0.25, 0.3) is 0 Å². The van der Waals surface area contributed by atoms with Gasteiger partial charge in [0, 0.05) is 30.9 Å². The number of thiophene rings is 1. The lowest BCUT2D eigenvalue weighted by Gasteiger charge is -2.17. The molecule has 1 aromatic heterocycles. The molecule has 1 heterocycles. The van der Waals surface area contributed by atoms with Crippen molar-refractivity contribution in [2.45, 2.75) is 32.2 Å². The molecule has 5 heteroatoms. The van der Waals surface area contributed by atoms with Crippen LogP contribution in [0, 0.1) is 0 Å². The molecule has 1 rings (SSSR count). The van der Waals surface area contributed by atoms with Gasteiger partial charge in [-0.2, -0.15) is 0 Å². The van der Waals surface area contributed by atoms with Crippen LogP contribution >= 0.6 is 27.3 Å². The van der Waals surface area contributed by atoms with Crippen molar-refractivity contribution in [2.75, 3.05) is 13.6 Å². The number of amides is 1. The summed E-state index contributed by atoms with van der Waals surface area (Å²) < 4.78 is 1.14. The van der Waals surface area contributed by atoms with Gasteiger partial charge in [0.1, 0.15) is 0 Å². The zero-order valence-corrected chi connectivity index (χ0v) is 12.7. The molecule has 0 spiro atoms. The van der Waals surface area contributed by atoms with Crippen molar-refractivity contribution in [1.82, 2.24) is 4.90 Å². The smallest absolute Gasteiger partial charge is 0.222 e. The van der Waals surface area contributed by atoms with Gasteiger partial charge < -0.3 is 10.6 Å². The molecule has 0 saturated carbocycles. The second kappa shape index (κ2) is 7.13. The minimum absolute atomic E-state index is 0.0978. The van der Waals surface area contributed by atoms with Crippen molar-refractivity contribution < 1.29 is 4.79 Å². The van der Waals surface area contributed by atoms with Crippen LogP contribution in [0.15, 0.2) is 15.9 Å². The van der Waals surface area contributed by atoms with Crippen LogP contribution in [0.1, 0.15) is 24.6 Å². The van der Waals surface area contributed by atoms with Gasteiger partial charge in [-0.1, -0.05) is 0 Å². The predicted octanol–water partition coefficient (Wildman–Crippen LogP) is 2.64. The van der Waals surface area contributed by atoms with E-state index in [1.807, 2.05) is 20.0 Å². The summed E-state index contributed by atoms with van der Waals surface area (Å²) in [4.78, 5) is 14.8. The molecule has 0 aliphatic carbocycles. The summed E-state index contributed by atoms with van der Waals surface area (Å²) in [5.41, 5.74) is 5.63. The van der Waals surface area contributed by atoms with E-state index in [9.17, 15) is 4.79 Å². The van der Waals surface area contributed by atoms with Crippen molar-refractivity contribution in [3.63, 3.8) is 0 Å². The number of nitrogens with zero attached hydrogens (tertiary/aromatic N) is 1. The SMILES string of the molecule is CC(N)CCC(=O)N(C)CCc1ccc(Br)s1. The number of rotatable bonds is 6. The van der Waals surface area contributed by atoms with E-state index in [2.05, 4.69) is 22.0 Å². The molecule has 1 unspecified atom stereocenters. The quantitative estimate of drug-likeness (QED) is 0.876. The van der Waals surface area contributed by atoms with E-state index in [1.54, 1.807) is 16.2 Å². The molecule has 0 aliphatic heterocycles. The molecule has 17 heavy (non-hydrogen) atoms.